The summed E-state index contributed by atoms with van der Waals surface area (Å²) in [4.78, 5) is 4.27. The summed E-state index contributed by atoms with van der Waals surface area (Å²) in [7, 11) is 0. The average molecular weight is 226 g/mol. The highest BCUT2D eigenvalue weighted by molar-refractivity contribution is 9.10. The zero-order valence-corrected chi connectivity index (χ0v) is 8.24. The number of fused-ring (bicyclic) bond motifs is 1. The van der Waals surface area contributed by atoms with Crippen LogP contribution in [0.5, 0.6) is 0 Å². The second-order valence-corrected chi connectivity index (χ2v) is 3.43. The second kappa shape index (κ2) is 2.86. The summed E-state index contributed by atoms with van der Waals surface area (Å²) in [5.41, 5.74) is 2.06. The van der Waals surface area contributed by atoms with Crippen molar-refractivity contribution < 1.29 is 0 Å². The van der Waals surface area contributed by atoms with Crippen LogP contribution in [-0.4, -0.2) is 14.6 Å². The smallest absolute Gasteiger partial charge is 0.169 e. The van der Waals surface area contributed by atoms with Crippen LogP contribution >= 0.6 is 15.9 Å². The van der Waals surface area contributed by atoms with Gasteiger partial charge < -0.3 is 0 Å². The molecule has 0 saturated heterocycles. The zero-order chi connectivity index (χ0) is 8.55. The lowest BCUT2D eigenvalue weighted by Crippen LogP contribution is -1.92. The van der Waals surface area contributed by atoms with Crippen molar-refractivity contribution in [2.45, 2.75) is 13.3 Å². The molecule has 12 heavy (non-hydrogen) atoms. The van der Waals surface area contributed by atoms with E-state index in [1.807, 2.05) is 12.4 Å². The molecule has 0 radical (unpaired) electrons. The Kier molecular flexibility index (Phi) is 1.84. The third-order valence-corrected chi connectivity index (χ3v) is 2.33. The Morgan fingerprint density at radius 3 is 3.08 bits per heavy atom. The second-order valence-electron chi connectivity index (χ2n) is 2.58. The fourth-order valence-electron chi connectivity index (χ4n) is 1.07. The molecule has 0 aliphatic rings. The van der Waals surface area contributed by atoms with Crippen LogP contribution in [0.4, 0.5) is 0 Å². The Morgan fingerprint density at radius 2 is 2.33 bits per heavy atom. The molecule has 0 amide bonds. The van der Waals surface area contributed by atoms with Crippen LogP contribution in [-0.2, 0) is 6.42 Å². The van der Waals surface area contributed by atoms with E-state index in [0.29, 0.717) is 0 Å². The highest BCUT2D eigenvalue weighted by Crippen LogP contribution is 2.14. The van der Waals surface area contributed by atoms with Crippen molar-refractivity contribution in [2.24, 2.45) is 0 Å². The predicted molar refractivity (Wildman–Crippen MR) is 50.1 cm³/mol. The monoisotopic (exact) mass is 225 g/mol. The molecule has 0 bridgehead atoms. The van der Waals surface area contributed by atoms with Crippen molar-refractivity contribution in [3.05, 3.63) is 28.6 Å². The van der Waals surface area contributed by atoms with Gasteiger partial charge in [-0.2, -0.15) is 5.10 Å². The molecule has 0 fully saturated rings. The van der Waals surface area contributed by atoms with E-state index in [1.54, 1.807) is 10.7 Å². The Bertz CT molecular complexity index is 408. The van der Waals surface area contributed by atoms with Gasteiger partial charge in [-0.15, -0.1) is 0 Å². The van der Waals surface area contributed by atoms with Crippen molar-refractivity contribution in [3.63, 3.8) is 0 Å². The quantitative estimate of drug-likeness (QED) is 0.744. The van der Waals surface area contributed by atoms with E-state index in [-0.39, 0.29) is 0 Å². The summed E-state index contributed by atoms with van der Waals surface area (Å²) in [6, 6.07) is 0. The van der Waals surface area contributed by atoms with Gasteiger partial charge in [-0.1, -0.05) is 6.92 Å². The summed E-state index contributed by atoms with van der Waals surface area (Å²) in [5, 5.41) is 4.13. The van der Waals surface area contributed by atoms with Gasteiger partial charge in [0.05, 0.1) is 10.7 Å². The van der Waals surface area contributed by atoms with E-state index in [4.69, 9.17) is 0 Å². The van der Waals surface area contributed by atoms with E-state index in [1.165, 1.54) is 5.56 Å². The van der Waals surface area contributed by atoms with Crippen molar-refractivity contribution in [3.8, 4) is 0 Å². The molecule has 2 aromatic rings. The van der Waals surface area contributed by atoms with E-state index >= 15 is 0 Å². The minimum atomic E-state index is 0.868. The molecule has 0 spiro atoms. The number of aryl methyl sites for hydroxylation is 1. The van der Waals surface area contributed by atoms with Crippen molar-refractivity contribution >= 4 is 21.6 Å². The fourth-order valence-corrected chi connectivity index (χ4v) is 1.44. The van der Waals surface area contributed by atoms with Crippen LogP contribution in [0.2, 0.25) is 0 Å². The lowest BCUT2D eigenvalue weighted by atomic mass is 10.3. The SMILES string of the molecule is CCc1cnc2c(Br)cnn2c1. The standard InChI is InChI=1S/C8H8BrN3/c1-2-6-3-10-8-7(9)4-11-12(8)5-6/h3-5H,2H2,1H3. The van der Waals surface area contributed by atoms with Gasteiger partial charge in [-0.3, -0.25) is 0 Å². The van der Waals surface area contributed by atoms with E-state index in [9.17, 15) is 0 Å². The molecule has 2 aromatic heterocycles. The van der Waals surface area contributed by atoms with Gasteiger partial charge in [0.25, 0.3) is 0 Å². The maximum Gasteiger partial charge on any atom is 0.169 e. The molecule has 62 valence electrons. The number of aromatic nitrogens is 3. The van der Waals surface area contributed by atoms with Gasteiger partial charge in [-0.05, 0) is 27.9 Å². The average Bonchev–Trinajstić information content (AvgIpc) is 2.47. The van der Waals surface area contributed by atoms with Crippen molar-refractivity contribution in [1.82, 2.24) is 14.6 Å². The largest absolute Gasteiger partial charge is 0.236 e. The van der Waals surface area contributed by atoms with E-state index < -0.39 is 0 Å². The Hall–Kier alpha value is -0.900. The minimum Gasteiger partial charge on any atom is -0.236 e. The molecule has 0 unspecified atom stereocenters. The van der Waals surface area contributed by atoms with Crippen LogP contribution in [0.1, 0.15) is 12.5 Å². The fraction of sp³-hybridized carbons (Fsp3) is 0.250. The van der Waals surface area contributed by atoms with Gasteiger partial charge in [-0.25, -0.2) is 9.50 Å². The van der Waals surface area contributed by atoms with E-state index in [2.05, 4.69) is 32.9 Å². The number of hydrogen-bond acceptors (Lipinski definition) is 2. The Labute approximate surface area is 78.6 Å². The molecule has 0 aromatic carbocycles. The minimum absolute atomic E-state index is 0.868. The van der Waals surface area contributed by atoms with Gasteiger partial charge in [0.2, 0.25) is 0 Å². The molecule has 0 atom stereocenters. The molecule has 3 nitrogen and oxygen atoms in total. The molecule has 2 heterocycles. The summed E-state index contributed by atoms with van der Waals surface area (Å²) in [6.07, 6.45) is 6.61. The third-order valence-electron chi connectivity index (χ3n) is 1.78. The maximum absolute atomic E-state index is 4.27. The van der Waals surface area contributed by atoms with Crippen molar-refractivity contribution in [2.75, 3.05) is 0 Å². The number of halogens is 1. The van der Waals surface area contributed by atoms with Crippen molar-refractivity contribution in [1.29, 1.82) is 0 Å². The van der Waals surface area contributed by atoms with Crippen LogP contribution in [0.3, 0.4) is 0 Å². The van der Waals surface area contributed by atoms with Gasteiger partial charge in [0, 0.05) is 12.4 Å². The molecule has 2 rings (SSSR count). The molecular weight excluding hydrogens is 218 g/mol. The van der Waals surface area contributed by atoms with Gasteiger partial charge in [0.15, 0.2) is 5.65 Å². The molecule has 0 saturated carbocycles. The first-order chi connectivity index (χ1) is 5.81. The molecule has 0 aliphatic carbocycles. The first kappa shape index (κ1) is 7.73. The first-order valence-electron chi connectivity index (χ1n) is 3.79. The highest BCUT2D eigenvalue weighted by Gasteiger charge is 2.01. The lowest BCUT2D eigenvalue weighted by molar-refractivity contribution is 0.910. The van der Waals surface area contributed by atoms with Crippen LogP contribution in [0.15, 0.2) is 23.1 Å². The normalized spacial score (nSPS) is 10.8. The summed E-state index contributed by atoms with van der Waals surface area (Å²) in [6.45, 7) is 2.10. The summed E-state index contributed by atoms with van der Waals surface area (Å²) >= 11 is 3.37. The Morgan fingerprint density at radius 1 is 1.50 bits per heavy atom. The molecular formula is C8H8BrN3. The third kappa shape index (κ3) is 1.12. The number of rotatable bonds is 1. The number of nitrogens with zero attached hydrogens (tertiary/aromatic N) is 3. The lowest BCUT2D eigenvalue weighted by Gasteiger charge is -1.96. The Balaban J connectivity index is 2.69. The number of hydrogen-bond donors (Lipinski definition) is 0. The van der Waals surface area contributed by atoms with Gasteiger partial charge >= 0.3 is 0 Å². The topological polar surface area (TPSA) is 30.2 Å². The van der Waals surface area contributed by atoms with Crippen LogP contribution in [0, 0.1) is 0 Å². The molecule has 4 heteroatoms. The summed E-state index contributed by atoms with van der Waals surface area (Å²) < 4.78 is 2.72. The van der Waals surface area contributed by atoms with Crippen LogP contribution < -0.4 is 0 Å². The van der Waals surface area contributed by atoms with Crippen LogP contribution in [0.25, 0.3) is 5.65 Å². The van der Waals surface area contributed by atoms with Gasteiger partial charge in [0.1, 0.15) is 0 Å². The summed E-state index contributed by atoms with van der Waals surface area (Å²) in [5.74, 6) is 0. The molecule has 0 aliphatic heterocycles. The first-order valence-corrected chi connectivity index (χ1v) is 4.58. The zero-order valence-electron chi connectivity index (χ0n) is 6.66. The van der Waals surface area contributed by atoms with E-state index in [0.717, 1.165) is 16.5 Å². The molecule has 0 N–H and O–H groups in total. The predicted octanol–water partition coefficient (Wildman–Crippen LogP) is 2.05. The maximum atomic E-state index is 4.27. The highest BCUT2D eigenvalue weighted by atomic mass is 79.9.